The number of hydrogen-bond donors (Lipinski definition) is 0. The Kier molecular flexibility index (Phi) is 12.8. The van der Waals surface area contributed by atoms with Crippen molar-refractivity contribution in [3.05, 3.63) is 0 Å². The van der Waals surface area contributed by atoms with Crippen molar-refractivity contribution in [3.8, 4) is 0 Å². The minimum absolute atomic E-state index is 0. The van der Waals surface area contributed by atoms with Gasteiger partial charge in [0.2, 0.25) is 0 Å². The zero-order valence-corrected chi connectivity index (χ0v) is 8.36. The minimum atomic E-state index is -3.92. The minimum Gasteiger partial charge on any atom is -0.748 e. The van der Waals surface area contributed by atoms with Gasteiger partial charge in [0.05, 0.1) is 10.1 Å². The molecule has 0 spiro atoms. The Labute approximate surface area is 77.0 Å². The standard InChI is InChI=1S/C3H8O3S.Na.H2O/c1-2-3-7(4,5)6;;/h2-3H2,1H3,(H,4,5,6);;1H2/q;+1;/p-1. The van der Waals surface area contributed by atoms with Crippen LogP contribution in [0.25, 0.3) is 0 Å². The van der Waals surface area contributed by atoms with Crippen molar-refractivity contribution < 1.29 is 48.0 Å². The fourth-order valence-corrected chi connectivity index (χ4v) is 0.750. The largest absolute Gasteiger partial charge is 1.00 e. The Hall–Kier alpha value is 0.870. The van der Waals surface area contributed by atoms with E-state index in [1.807, 2.05) is 0 Å². The summed E-state index contributed by atoms with van der Waals surface area (Å²) in [6.07, 6.45) is 0.409. The SMILES string of the molecule is CCCS(=O)(=O)[O-].O.[Na+]. The first-order valence-electron chi connectivity index (χ1n) is 2.00. The van der Waals surface area contributed by atoms with Crippen molar-refractivity contribution in [3.63, 3.8) is 0 Å². The van der Waals surface area contributed by atoms with Crippen LogP contribution in [0.1, 0.15) is 13.3 Å². The van der Waals surface area contributed by atoms with Crippen LogP contribution >= 0.6 is 0 Å². The van der Waals surface area contributed by atoms with Crippen LogP contribution in [-0.2, 0) is 10.1 Å². The molecule has 0 aliphatic carbocycles. The molecule has 6 heteroatoms. The van der Waals surface area contributed by atoms with Gasteiger partial charge in [-0.2, -0.15) is 0 Å². The molecule has 0 saturated carbocycles. The number of hydrogen-bond acceptors (Lipinski definition) is 3. The third kappa shape index (κ3) is 17.7. The zero-order chi connectivity index (χ0) is 5.91. The second kappa shape index (κ2) is 6.98. The van der Waals surface area contributed by atoms with E-state index < -0.39 is 10.1 Å². The predicted octanol–water partition coefficient (Wildman–Crippen LogP) is -3.88. The second-order valence-electron chi connectivity index (χ2n) is 1.26. The maximum Gasteiger partial charge on any atom is 1.00 e. The first kappa shape index (κ1) is 16.5. The van der Waals surface area contributed by atoms with Crippen LogP contribution in [0.5, 0.6) is 0 Å². The molecule has 2 N–H and O–H groups in total. The van der Waals surface area contributed by atoms with E-state index >= 15 is 0 Å². The molecule has 4 nitrogen and oxygen atoms in total. The monoisotopic (exact) mass is 164 g/mol. The molecule has 0 aromatic carbocycles. The smallest absolute Gasteiger partial charge is 0.748 e. The second-order valence-corrected chi connectivity index (χ2v) is 2.79. The third-order valence-corrected chi connectivity index (χ3v) is 1.36. The molecule has 0 saturated heterocycles. The van der Waals surface area contributed by atoms with E-state index in [1.165, 1.54) is 0 Å². The van der Waals surface area contributed by atoms with Gasteiger partial charge in [-0.25, -0.2) is 8.42 Å². The number of rotatable bonds is 2. The first-order chi connectivity index (χ1) is 3.06. The van der Waals surface area contributed by atoms with Gasteiger partial charge in [-0.1, -0.05) is 6.92 Å². The van der Waals surface area contributed by atoms with Crippen LogP contribution in [-0.4, -0.2) is 24.2 Å². The summed E-state index contributed by atoms with van der Waals surface area (Å²) >= 11 is 0. The molecule has 9 heavy (non-hydrogen) atoms. The summed E-state index contributed by atoms with van der Waals surface area (Å²) in [6, 6.07) is 0. The van der Waals surface area contributed by atoms with Gasteiger partial charge in [0.1, 0.15) is 0 Å². The summed E-state index contributed by atoms with van der Waals surface area (Å²) in [7, 11) is -3.92. The summed E-state index contributed by atoms with van der Waals surface area (Å²) in [5.41, 5.74) is 0. The van der Waals surface area contributed by atoms with Gasteiger partial charge in [-0.3, -0.25) is 0 Å². The Balaban J connectivity index is -0.000000180. The van der Waals surface area contributed by atoms with Crippen molar-refractivity contribution in [2.24, 2.45) is 0 Å². The zero-order valence-electron chi connectivity index (χ0n) is 5.55. The van der Waals surface area contributed by atoms with Crippen molar-refractivity contribution in [2.75, 3.05) is 5.75 Å². The van der Waals surface area contributed by atoms with E-state index in [4.69, 9.17) is 0 Å². The molecule has 0 aromatic heterocycles. The predicted molar refractivity (Wildman–Crippen MR) is 28.5 cm³/mol. The average molecular weight is 164 g/mol. The maximum atomic E-state index is 9.68. The van der Waals surface area contributed by atoms with Gasteiger partial charge < -0.3 is 10.0 Å². The Morgan fingerprint density at radius 3 is 1.78 bits per heavy atom. The topological polar surface area (TPSA) is 88.7 Å². The van der Waals surface area contributed by atoms with Crippen molar-refractivity contribution in [1.29, 1.82) is 0 Å². The summed E-state index contributed by atoms with van der Waals surface area (Å²) < 4.78 is 29.0. The first-order valence-corrected chi connectivity index (χ1v) is 3.57. The molecule has 0 aliphatic rings. The van der Waals surface area contributed by atoms with Gasteiger partial charge in [0, 0.05) is 5.75 Å². The normalized spacial score (nSPS) is 9.11. The molecule has 0 radical (unpaired) electrons. The Morgan fingerprint density at radius 2 is 1.78 bits per heavy atom. The van der Waals surface area contributed by atoms with Gasteiger partial charge in [0.15, 0.2) is 0 Å². The van der Waals surface area contributed by atoms with Crippen LogP contribution in [0, 0.1) is 0 Å². The molecular formula is C3H9NaO4S. The molecule has 0 amide bonds. The molecule has 0 unspecified atom stereocenters. The molecule has 0 aliphatic heterocycles. The van der Waals surface area contributed by atoms with Gasteiger partial charge >= 0.3 is 29.6 Å². The summed E-state index contributed by atoms with van der Waals surface area (Å²) in [6.45, 7) is 1.65. The van der Waals surface area contributed by atoms with Crippen molar-refractivity contribution in [1.82, 2.24) is 0 Å². The third-order valence-electron chi connectivity index (χ3n) is 0.454. The fourth-order valence-electron chi connectivity index (χ4n) is 0.250. The molecule has 0 bridgehead atoms. The summed E-state index contributed by atoms with van der Waals surface area (Å²) in [5, 5.41) is 0. The molecular weight excluding hydrogens is 155 g/mol. The average Bonchev–Trinajstić information content (AvgIpc) is 1.30. The van der Waals surface area contributed by atoms with Gasteiger partial charge in [0.25, 0.3) is 0 Å². The van der Waals surface area contributed by atoms with Crippen LogP contribution in [0.3, 0.4) is 0 Å². The summed E-state index contributed by atoms with van der Waals surface area (Å²) in [5.74, 6) is -0.243. The van der Waals surface area contributed by atoms with E-state index in [0.717, 1.165) is 0 Å². The van der Waals surface area contributed by atoms with Gasteiger partial charge in [-0.05, 0) is 6.42 Å². The van der Waals surface area contributed by atoms with Crippen LogP contribution in [0.4, 0.5) is 0 Å². The maximum absolute atomic E-state index is 9.68. The molecule has 0 heterocycles. The molecule has 0 fully saturated rings. The molecule has 52 valence electrons. The van der Waals surface area contributed by atoms with E-state index in [-0.39, 0.29) is 40.8 Å². The van der Waals surface area contributed by atoms with Crippen LogP contribution < -0.4 is 29.6 Å². The van der Waals surface area contributed by atoms with Crippen molar-refractivity contribution in [2.45, 2.75) is 13.3 Å². The molecule has 0 aromatic rings. The van der Waals surface area contributed by atoms with Gasteiger partial charge in [-0.15, -0.1) is 0 Å². The van der Waals surface area contributed by atoms with Crippen LogP contribution in [0.2, 0.25) is 0 Å². The van der Waals surface area contributed by atoms with E-state index in [2.05, 4.69) is 0 Å². The van der Waals surface area contributed by atoms with E-state index in [1.54, 1.807) is 6.92 Å². The van der Waals surface area contributed by atoms with Crippen LogP contribution in [0.15, 0.2) is 0 Å². The Morgan fingerprint density at radius 1 is 1.44 bits per heavy atom. The van der Waals surface area contributed by atoms with E-state index in [0.29, 0.717) is 6.42 Å². The summed E-state index contributed by atoms with van der Waals surface area (Å²) in [4.78, 5) is 0. The molecule has 0 rings (SSSR count). The molecule has 0 atom stereocenters. The Bertz CT molecular complexity index is 129. The quantitative estimate of drug-likeness (QED) is 0.309. The van der Waals surface area contributed by atoms with E-state index in [9.17, 15) is 13.0 Å². The van der Waals surface area contributed by atoms with Crippen molar-refractivity contribution >= 4 is 10.1 Å². The fraction of sp³-hybridized carbons (Fsp3) is 1.00.